The van der Waals surface area contributed by atoms with Gasteiger partial charge in [-0.3, -0.25) is 4.79 Å². The van der Waals surface area contributed by atoms with Crippen LogP contribution < -0.4 is 5.32 Å². The summed E-state index contributed by atoms with van der Waals surface area (Å²) >= 11 is 0. The van der Waals surface area contributed by atoms with Crippen LogP contribution in [0.2, 0.25) is 0 Å². The molecule has 0 aromatic carbocycles. The number of carbonyl (C=O) groups excluding carboxylic acids is 1. The van der Waals surface area contributed by atoms with Crippen LogP contribution in [0.4, 0.5) is 0 Å². The average Bonchev–Trinajstić information content (AvgIpc) is 2.62. The van der Waals surface area contributed by atoms with Crippen LogP contribution in [-0.4, -0.2) is 22.0 Å². The normalized spacial score (nSPS) is 9.43. The van der Waals surface area contributed by atoms with Gasteiger partial charge in [-0.2, -0.15) is 5.26 Å². The van der Waals surface area contributed by atoms with Gasteiger partial charge in [0.15, 0.2) is 0 Å². The molecule has 0 saturated heterocycles. The van der Waals surface area contributed by atoms with Gasteiger partial charge >= 0.3 is 0 Å². The molecule has 5 nitrogen and oxygen atoms in total. The summed E-state index contributed by atoms with van der Waals surface area (Å²) < 4.78 is 1.77. The topological polar surface area (TPSA) is 70.7 Å². The Morgan fingerprint density at radius 1 is 1.79 bits per heavy atom. The number of amides is 1. The molecule has 0 unspecified atom stereocenters. The molecule has 0 bridgehead atoms. The zero-order chi connectivity index (χ0) is 10.4. The van der Waals surface area contributed by atoms with Crippen LogP contribution in [0, 0.1) is 11.3 Å². The molecule has 14 heavy (non-hydrogen) atoms. The molecule has 0 saturated carbocycles. The molecule has 1 N–H and O–H groups in total. The summed E-state index contributed by atoms with van der Waals surface area (Å²) in [7, 11) is 0. The molecular formula is C9H12N4O. The number of hydrogen-bond donors (Lipinski definition) is 1. The molecule has 0 radical (unpaired) electrons. The van der Waals surface area contributed by atoms with Gasteiger partial charge in [0, 0.05) is 18.8 Å². The monoisotopic (exact) mass is 192 g/mol. The maximum Gasteiger partial charge on any atom is 0.240 e. The Morgan fingerprint density at radius 2 is 2.57 bits per heavy atom. The predicted octanol–water partition coefficient (Wildman–Crippen LogP) is 0.0853. The van der Waals surface area contributed by atoms with Crippen LogP contribution in [-0.2, 0) is 17.8 Å². The van der Waals surface area contributed by atoms with Crippen molar-refractivity contribution in [2.75, 3.05) is 6.54 Å². The lowest BCUT2D eigenvalue weighted by Gasteiger charge is -2.05. The van der Waals surface area contributed by atoms with Crippen LogP contribution in [0.3, 0.4) is 0 Å². The number of nitriles is 1. The fourth-order valence-electron chi connectivity index (χ4n) is 1.15. The smallest absolute Gasteiger partial charge is 0.240 e. The Balaban J connectivity index is 2.52. The Hall–Kier alpha value is -1.83. The maximum atomic E-state index is 11.2. The number of aryl methyl sites for hydroxylation is 1. The average molecular weight is 192 g/mol. The van der Waals surface area contributed by atoms with E-state index in [2.05, 4.69) is 10.3 Å². The number of aromatic nitrogens is 2. The van der Waals surface area contributed by atoms with Crippen molar-refractivity contribution in [3.05, 3.63) is 18.2 Å². The van der Waals surface area contributed by atoms with E-state index in [4.69, 9.17) is 5.26 Å². The third-order valence-corrected chi connectivity index (χ3v) is 1.80. The molecule has 0 aliphatic carbocycles. The van der Waals surface area contributed by atoms with Gasteiger partial charge in [-0.15, -0.1) is 0 Å². The zero-order valence-electron chi connectivity index (χ0n) is 8.03. The van der Waals surface area contributed by atoms with Crippen molar-refractivity contribution in [2.24, 2.45) is 0 Å². The standard InChI is InChI=1S/C9H12N4O/c1-2-8-11-5-6-13(8)7-9(14)12-4-3-10/h5-6H,2,4,7H2,1H3,(H,12,14). The maximum absolute atomic E-state index is 11.2. The zero-order valence-corrected chi connectivity index (χ0v) is 8.03. The first kappa shape index (κ1) is 10.3. The highest BCUT2D eigenvalue weighted by molar-refractivity contribution is 5.75. The first-order chi connectivity index (χ1) is 6.77. The van der Waals surface area contributed by atoms with E-state index >= 15 is 0 Å². The van der Waals surface area contributed by atoms with Crippen LogP contribution >= 0.6 is 0 Å². The molecule has 0 fully saturated rings. The molecule has 5 heteroatoms. The van der Waals surface area contributed by atoms with Gasteiger partial charge in [0.2, 0.25) is 5.91 Å². The van der Waals surface area contributed by atoms with Crippen LogP contribution in [0.25, 0.3) is 0 Å². The van der Waals surface area contributed by atoms with E-state index in [1.807, 2.05) is 13.0 Å². The van der Waals surface area contributed by atoms with Crippen molar-refractivity contribution in [2.45, 2.75) is 19.9 Å². The van der Waals surface area contributed by atoms with E-state index in [1.54, 1.807) is 17.0 Å². The highest BCUT2D eigenvalue weighted by Crippen LogP contribution is 1.97. The van der Waals surface area contributed by atoms with Crippen LogP contribution in [0.5, 0.6) is 0 Å². The Bertz CT molecular complexity index is 350. The number of hydrogen-bond acceptors (Lipinski definition) is 3. The van der Waals surface area contributed by atoms with E-state index in [0.717, 1.165) is 12.2 Å². The Kier molecular flexibility index (Phi) is 3.68. The molecule has 1 aromatic heterocycles. The second-order valence-corrected chi connectivity index (χ2v) is 2.76. The highest BCUT2D eigenvalue weighted by Gasteiger charge is 2.04. The number of nitrogens with one attached hydrogen (secondary N) is 1. The minimum Gasteiger partial charge on any atom is -0.341 e. The SMILES string of the molecule is CCc1nccn1CC(=O)NCC#N. The minimum absolute atomic E-state index is 0.0506. The second-order valence-electron chi connectivity index (χ2n) is 2.76. The van der Waals surface area contributed by atoms with Gasteiger partial charge < -0.3 is 9.88 Å². The number of carbonyl (C=O) groups is 1. The third-order valence-electron chi connectivity index (χ3n) is 1.80. The Morgan fingerprint density at radius 3 is 3.21 bits per heavy atom. The molecule has 1 heterocycles. The van der Waals surface area contributed by atoms with E-state index in [0.29, 0.717) is 0 Å². The largest absolute Gasteiger partial charge is 0.341 e. The lowest BCUT2D eigenvalue weighted by atomic mass is 10.4. The summed E-state index contributed by atoms with van der Waals surface area (Å²) in [5, 5.41) is 10.7. The summed E-state index contributed by atoms with van der Waals surface area (Å²) in [4.78, 5) is 15.3. The molecular weight excluding hydrogens is 180 g/mol. The lowest BCUT2D eigenvalue weighted by molar-refractivity contribution is -0.121. The van der Waals surface area contributed by atoms with Gasteiger partial charge in [0.1, 0.15) is 18.9 Å². The summed E-state index contributed by atoms with van der Waals surface area (Å²) in [5.74, 6) is 0.705. The lowest BCUT2D eigenvalue weighted by Crippen LogP contribution is -2.28. The number of imidazole rings is 1. The summed E-state index contributed by atoms with van der Waals surface area (Å²) in [6.45, 7) is 2.26. The molecule has 1 amide bonds. The summed E-state index contributed by atoms with van der Waals surface area (Å²) in [5.41, 5.74) is 0. The van der Waals surface area contributed by atoms with Crippen molar-refractivity contribution in [3.63, 3.8) is 0 Å². The number of nitrogens with zero attached hydrogens (tertiary/aromatic N) is 3. The van der Waals surface area contributed by atoms with Crippen molar-refractivity contribution in [1.82, 2.24) is 14.9 Å². The third kappa shape index (κ3) is 2.59. The van der Waals surface area contributed by atoms with E-state index in [1.165, 1.54) is 0 Å². The summed E-state index contributed by atoms with van der Waals surface area (Å²) in [6.07, 6.45) is 4.21. The first-order valence-electron chi connectivity index (χ1n) is 4.41. The van der Waals surface area contributed by atoms with Gasteiger partial charge in [0.05, 0.1) is 6.07 Å². The fraction of sp³-hybridized carbons (Fsp3) is 0.444. The van der Waals surface area contributed by atoms with Crippen LogP contribution in [0.15, 0.2) is 12.4 Å². The van der Waals surface area contributed by atoms with Gasteiger partial charge in [0.25, 0.3) is 0 Å². The van der Waals surface area contributed by atoms with Gasteiger partial charge in [-0.1, -0.05) is 6.92 Å². The second kappa shape index (κ2) is 5.02. The highest BCUT2D eigenvalue weighted by atomic mass is 16.1. The van der Waals surface area contributed by atoms with Crippen LogP contribution in [0.1, 0.15) is 12.7 Å². The number of rotatable bonds is 4. The van der Waals surface area contributed by atoms with Gasteiger partial charge in [-0.05, 0) is 0 Å². The van der Waals surface area contributed by atoms with Crippen molar-refractivity contribution < 1.29 is 4.79 Å². The van der Waals surface area contributed by atoms with E-state index < -0.39 is 0 Å². The quantitative estimate of drug-likeness (QED) is 0.687. The predicted molar refractivity (Wildman–Crippen MR) is 50.2 cm³/mol. The van der Waals surface area contributed by atoms with E-state index in [-0.39, 0.29) is 19.0 Å². The molecule has 0 atom stereocenters. The Labute approximate surface area is 82.4 Å². The minimum atomic E-state index is -0.167. The van der Waals surface area contributed by atoms with Gasteiger partial charge in [-0.25, -0.2) is 4.98 Å². The fourth-order valence-corrected chi connectivity index (χ4v) is 1.15. The van der Waals surface area contributed by atoms with Crippen molar-refractivity contribution in [1.29, 1.82) is 5.26 Å². The molecule has 74 valence electrons. The molecule has 0 spiro atoms. The van der Waals surface area contributed by atoms with Crippen molar-refractivity contribution >= 4 is 5.91 Å². The molecule has 1 aromatic rings. The molecule has 1 rings (SSSR count). The summed E-state index contributed by atoms with van der Waals surface area (Å²) in [6, 6.07) is 1.85. The van der Waals surface area contributed by atoms with Crippen molar-refractivity contribution in [3.8, 4) is 6.07 Å². The molecule has 0 aliphatic rings. The van der Waals surface area contributed by atoms with E-state index in [9.17, 15) is 4.79 Å². The first-order valence-corrected chi connectivity index (χ1v) is 4.41. The molecule has 0 aliphatic heterocycles.